The number of ether oxygens (including phenoxy) is 1. The fourth-order valence-corrected chi connectivity index (χ4v) is 3.46. The summed E-state index contributed by atoms with van der Waals surface area (Å²) < 4.78 is 5.15. The Labute approximate surface area is 180 Å². The van der Waals surface area contributed by atoms with Crippen molar-refractivity contribution >= 4 is 23.2 Å². The van der Waals surface area contributed by atoms with Gasteiger partial charge in [0.25, 0.3) is 5.91 Å². The molecular weight excluding hydrogens is 394 g/mol. The van der Waals surface area contributed by atoms with Gasteiger partial charge in [-0.3, -0.25) is 4.79 Å². The molecule has 0 spiro atoms. The molecule has 4 rings (SSSR count). The lowest BCUT2D eigenvalue weighted by molar-refractivity contribution is 0.102. The third-order valence-electron chi connectivity index (χ3n) is 4.88. The van der Waals surface area contributed by atoms with Crippen molar-refractivity contribution < 1.29 is 9.53 Å². The second kappa shape index (κ2) is 8.85. The Morgan fingerprint density at radius 2 is 1.40 bits per heavy atom. The van der Waals surface area contributed by atoms with Crippen molar-refractivity contribution in [2.75, 3.05) is 12.4 Å². The zero-order chi connectivity index (χ0) is 20.9. The van der Waals surface area contributed by atoms with E-state index < -0.39 is 0 Å². The number of benzene rings is 4. The summed E-state index contributed by atoms with van der Waals surface area (Å²) in [4.78, 5) is 12.7. The molecule has 0 aliphatic rings. The van der Waals surface area contributed by atoms with E-state index in [1.807, 2.05) is 36.4 Å². The van der Waals surface area contributed by atoms with E-state index in [2.05, 4.69) is 29.6 Å². The highest BCUT2D eigenvalue weighted by molar-refractivity contribution is 6.33. The van der Waals surface area contributed by atoms with Gasteiger partial charge in [0.2, 0.25) is 0 Å². The molecular formula is C26H20ClNO2. The van der Waals surface area contributed by atoms with Crippen LogP contribution >= 0.6 is 11.6 Å². The van der Waals surface area contributed by atoms with Gasteiger partial charge in [-0.2, -0.15) is 0 Å². The fourth-order valence-electron chi connectivity index (χ4n) is 3.24. The number of rotatable bonds is 5. The molecule has 148 valence electrons. The largest absolute Gasteiger partial charge is 0.497 e. The van der Waals surface area contributed by atoms with Crippen LogP contribution in [-0.4, -0.2) is 13.0 Å². The molecule has 0 saturated carbocycles. The SMILES string of the molecule is COc1ccc(NC(=O)c2ccc(Cl)c(-c3ccc(-c4ccccc4)cc3)c2)cc1. The number of amides is 1. The standard InChI is InChI=1S/C26H20ClNO2/c1-30-23-14-12-22(13-15-23)28-26(29)21-11-16-25(27)24(17-21)20-9-7-19(8-10-20)18-5-3-2-4-6-18/h2-17H,1H3,(H,28,29). The molecule has 0 heterocycles. The van der Waals surface area contributed by atoms with Crippen LogP contribution in [0.2, 0.25) is 5.02 Å². The van der Waals surface area contributed by atoms with Crippen LogP contribution in [0, 0.1) is 0 Å². The van der Waals surface area contributed by atoms with Gasteiger partial charge in [0.1, 0.15) is 5.75 Å². The highest BCUT2D eigenvalue weighted by Crippen LogP contribution is 2.31. The van der Waals surface area contributed by atoms with Crippen LogP contribution < -0.4 is 10.1 Å². The summed E-state index contributed by atoms with van der Waals surface area (Å²) in [5.41, 5.74) is 5.30. The molecule has 0 aromatic heterocycles. The molecule has 3 nitrogen and oxygen atoms in total. The van der Waals surface area contributed by atoms with Crippen LogP contribution in [0.1, 0.15) is 10.4 Å². The Bertz CT molecular complexity index is 1150. The monoisotopic (exact) mass is 413 g/mol. The van der Waals surface area contributed by atoms with Crippen molar-refractivity contribution in [3.63, 3.8) is 0 Å². The maximum atomic E-state index is 12.7. The summed E-state index contributed by atoms with van der Waals surface area (Å²) in [5.74, 6) is 0.541. The fraction of sp³-hybridized carbons (Fsp3) is 0.0385. The van der Waals surface area contributed by atoms with Gasteiger partial charge in [0.15, 0.2) is 0 Å². The molecule has 0 saturated heterocycles. The first-order chi connectivity index (χ1) is 14.6. The number of anilines is 1. The van der Waals surface area contributed by atoms with E-state index in [0.29, 0.717) is 16.3 Å². The third kappa shape index (κ3) is 4.37. The summed E-state index contributed by atoms with van der Waals surface area (Å²) in [6.07, 6.45) is 0. The van der Waals surface area contributed by atoms with Gasteiger partial charge >= 0.3 is 0 Å². The molecule has 0 atom stereocenters. The second-order valence-electron chi connectivity index (χ2n) is 6.82. The summed E-state index contributed by atoms with van der Waals surface area (Å²) in [5, 5.41) is 3.50. The van der Waals surface area contributed by atoms with Crippen molar-refractivity contribution in [3.05, 3.63) is 108 Å². The molecule has 0 unspecified atom stereocenters. The molecule has 1 amide bonds. The van der Waals surface area contributed by atoms with Gasteiger partial charge < -0.3 is 10.1 Å². The molecule has 30 heavy (non-hydrogen) atoms. The lowest BCUT2D eigenvalue weighted by atomic mass is 9.99. The first kappa shape index (κ1) is 19.7. The molecule has 0 aliphatic heterocycles. The van der Waals surface area contributed by atoms with Crippen molar-refractivity contribution in [2.24, 2.45) is 0 Å². The first-order valence-corrected chi connectivity index (χ1v) is 9.92. The highest BCUT2D eigenvalue weighted by atomic mass is 35.5. The van der Waals surface area contributed by atoms with Gasteiger partial charge in [-0.25, -0.2) is 0 Å². The quantitative estimate of drug-likeness (QED) is 0.385. The maximum absolute atomic E-state index is 12.7. The molecule has 0 fully saturated rings. The van der Waals surface area contributed by atoms with Crippen LogP contribution in [0.4, 0.5) is 5.69 Å². The number of halogens is 1. The Morgan fingerprint density at radius 3 is 2.07 bits per heavy atom. The van der Waals surface area contributed by atoms with E-state index in [0.717, 1.165) is 28.0 Å². The van der Waals surface area contributed by atoms with Crippen LogP contribution in [-0.2, 0) is 0 Å². The summed E-state index contributed by atoms with van der Waals surface area (Å²) in [6, 6.07) is 30.9. The molecule has 4 aromatic rings. The molecule has 1 N–H and O–H groups in total. The minimum Gasteiger partial charge on any atom is -0.497 e. The average molecular weight is 414 g/mol. The van der Waals surface area contributed by atoms with Crippen LogP contribution in [0.25, 0.3) is 22.3 Å². The zero-order valence-corrected chi connectivity index (χ0v) is 17.2. The summed E-state index contributed by atoms with van der Waals surface area (Å²) >= 11 is 6.44. The van der Waals surface area contributed by atoms with Crippen LogP contribution in [0.15, 0.2) is 97.1 Å². The number of methoxy groups -OCH3 is 1. The number of carbonyl (C=O) groups excluding carboxylic acids is 1. The number of nitrogens with one attached hydrogen (secondary N) is 1. The van der Waals surface area contributed by atoms with E-state index in [9.17, 15) is 4.79 Å². The zero-order valence-electron chi connectivity index (χ0n) is 16.4. The maximum Gasteiger partial charge on any atom is 0.255 e. The van der Waals surface area contributed by atoms with Gasteiger partial charge in [-0.15, -0.1) is 0 Å². The molecule has 4 heteroatoms. The summed E-state index contributed by atoms with van der Waals surface area (Å²) in [6.45, 7) is 0. The van der Waals surface area contributed by atoms with E-state index in [4.69, 9.17) is 16.3 Å². The Kier molecular flexibility index (Phi) is 5.82. The Balaban J connectivity index is 1.57. The highest BCUT2D eigenvalue weighted by Gasteiger charge is 2.11. The Morgan fingerprint density at radius 1 is 0.767 bits per heavy atom. The first-order valence-electron chi connectivity index (χ1n) is 9.55. The van der Waals surface area contributed by atoms with E-state index in [1.54, 1.807) is 43.5 Å². The molecule has 0 aliphatic carbocycles. The lowest BCUT2D eigenvalue weighted by Crippen LogP contribution is -2.11. The van der Waals surface area contributed by atoms with Crippen molar-refractivity contribution in [1.29, 1.82) is 0 Å². The summed E-state index contributed by atoms with van der Waals surface area (Å²) in [7, 11) is 1.61. The van der Waals surface area contributed by atoms with Crippen LogP contribution in [0.5, 0.6) is 5.75 Å². The van der Waals surface area contributed by atoms with Crippen LogP contribution in [0.3, 0.4) is 0 Å². The van der Waals surface area contributed by atoms with Gasteiger partial charge in [-0.1, -0.05) is 66.2 Å². The minimum absolute atomic E-state index is 0.195. The third-order valence-corrected chi connectivity index (χ3v) is 5.21. The van der Waals surface area contributed by atoms with E-state index >= 15 is 0 Å². The number of carbonyl (C=O) groups is 1. The van der Waals surface area contributed by atoms with Crippen molar-refractivity contribution in [3.8, 4) is 28.0 Å². The van der Waals surface area contributed by atoms with Crippen molar-refractivity contribution in [2.45, 2.75) is 0 Å². The smallest absolute Gasteiger partial charge is 0.255 e. The van der Waals surface area contributed by atoms with Crippen molar-refractivity contribution in [1.82, 2.24) is 0 Å². The lowest BCUT2D eigenvalue weighted by Gasteiger charge is -2.10. The molecule has 0 bridgehead atoms. The number of hydrogen-bond donors (Lipinski definition) is 1. The topological polar surface area (TPSA) is 38.3 Å². The van der Waals surface area contributed by atoms with Gasteiger partial charge in [0.05, 0.1) is 7.11 Å². The minimum atomic E-state index is -0.195. The van der Waals surface area contributed by atoms with Gasteiger partial charge in [0, 0.05) is 21.8 Å². The number of hydrogen-bond acceptors (Lipinski definition) is 2. The predicted molar refractivity (Wildman–Crippen MR) is 123 cm³/mol. The van der Waals surface area contributed by atoms with Gasteiger partial charge in [-0.05, 0) is 59.2 Å². The molecule has 4 aromatic carbocycles. The predicted octanol–water partition coefficient (Wildman–Crippen LogP) is 6.93. The van der Waals surface area contributed by atoms with E-state index in [1.165, 1.54) is 0 Å². The van der Waals surface area contributed by atoms with E-state index in [-0.39, 0.29) is 5.91 Å². The molecule has 0 radical (unpaired) electrons. The Hall–Kier alpha value is -3.56. The normalized spacial score (nSPS) is 10.5. The average Bonchev–Trinajstić information content (AvgIpc) is 2.80. The second-order valence-corrected chi connectivity index (χ2v) is 7.23.